The zero-order chi connectivity index (χ0) is 18.9. The third kappa shape index (κ3) is 3.20. The van der Waals surface area contributed by atoms with E-state index in [4.69, 9.17) is 4.98 Å². The van der Waals surface area contributed by atoms with Gasteiger partial charge in [-0.3, -0.25) is 0 Å². The minimum absolute atomic E-state index is 0.348. The van der Waals surface area contributed by atoms with Crippen LogP contribution in [-0.4, -0.2) is 14.5 Å². The number of nitrogens with zero attached hydrogens (tertiary/aromatic N) is 3. The molecule has 2 aromatic carbocycles. The number of fused-ring (bicyclic) bond motifs is 2. The van der Waals surface area contributed by atoms with Crippen LogP contribution in [-0.2, 0) is 20.0 Å². The fourth-order valence-electron chi connectivity index (χ4n) is 3.95. The first-order chi connectivity index (χ1) is 13.8. The van der Waals surface area contributed by atoms with E-state index in [1.54, 1.807) is 0 Å². The first-order valence-corrected chi connectivity index (χ1v) is 9.70. The standard InChI is InChI=1S/C23H23N5/c1-28-15-24-13-19(28)14-25-18-8-10-21-17(12-18)7-11-23(26-21)27-22-9-6-16-4-2-3-5-20(16)22/h2-5,7-8,10-13,15,22,25H,6,9,14H2,1H3,(H,26,27)/t22-/m1/s1. The Bertz CT molecular complexity index is 1130. The number of imidazole rings is 1. The van der Waals surface area contributed by atoms with Gasteiger partial charge in [0.1, 0.15) is 5.82 Å². The van der Waals surface area contributed by atoms with Gasteiger partial charge in [0.05, 0.1) is 30.1 Å². The summed E-state index contributed by atoms with van der Waals surface area (Å²) in [5.41, 5.74) is 6.09. The van der Waals surface area contributed by atoms with Crippen molar-refractivity contribution in [3.8, 4) is 0 Å². The molecule has 0 fully saturated rings. The maximum Gasteiger partial charge on any atom is 0.127 e. The molecule has 2 aromatic heterocycles. The number of aromatic nitrogens is 3. The van der Waals surface area contributed by atoms with Crippen molar-refractivity contribution >= 4 is 22.4 Å². The molecule has 2 N–H and O–H groups in total. The molecule has 0 unspecified atom stereocenters. The molecule has 0 saturated carbocycles. The number of hydrogen-bond acceptors (Lipinski definition) is 4. The molecule has 1 aliphatic carbocycles. The second-order valence-corrected chi connectivity index (χ2v) is 7.39. The minimum atomic E-state index is 0.348. The second-order valence-electron chi connectivity index (χ2n) is 7.39. The lowest BCUT2D eigenvalue weighted by molar-refractivity contribution is 0.758. The smallest absolute Gasteiger partial charge is 0.127 e. The Morgan fingerprint density at radius 1 is 1.11 bits per heavy atom. The number of pyridine rings is 1. The van der Waals surface area contributed by atoms with Crippen LogP contribution in [0.2, 0.25) is 0 Å². The van der Waals surface area contributed by atoms with Crippen LogP contribution in [0.25, 0.3) is 10.9 Å². The maximum atomic E-state index is 4.82. The van der Waals surface area contributed by atoms with Gasteiger partial charge in [-0.05, 0) is 54.3 Å². The number of nitrogens with one attached hydrogen (secondary N) is 2. The Morgan fingerprint density at radius 3 is 2.93 bits per heavy atom. The largest absolute Gasteiger partial charge is 0.379 e. The average Bonchev–Trinajstić information content (AvgIpc) is 3.32. The summed E-state index contributed by atoms with van der Waals surface area (Å²) in [4.78, 5) is 8.98. The van der Waals surface area contributed by atoms with Crippen molar-refractivity contribution in [3.05, 3.63) is 83.9 Å². The van der Waals surface area contributed by atoms with Crippen molar-refractivity contribution in [2.24, 2.45) is 7.05 Å². The van der Waals surface area contributed by atoms with E-state index >= 15 is 0 Å². The topological polar surface area (TPSA) is 54.8 Å². The van der Waals surface area contributed by atoms with Gasteiger partial charge < -0.3 is 15.2 Å². The molecule has 2 heterocycles. The number of anilines is 2. The molecule has 0 aliphatic heterocycles. The zero-order valence-electron chi connectivity index (χ0n) is 15.9. The van der Waals surface area contributed by atoms with E-state index < -0.39 is 0 Å². The number of rotatable bonds is 5. The Kier molecular flexibility index (Phi) is 4.20. The van der Waals surface area contributed by atoms with Crippen molar-refractivity contribution in [3.63, 3.8) is 0 Å². The highest BCUT2D eigenvalue weighted by molar-refractivity contribution is 5.83. The van der Waals surface area contributed by atoms with Gasteiger partial charge in [-0.2, -0.15) is 0 Å². The molecule has 5 heteroatoms. The van der Waals surface area contributed by atoms with E-state index in [2.05, 4.69) is 70.2 Å². The van der Waals surface area contributed by atoms with Crippen LogP contribution in [0.4, 0.5) is 11.5 Å². The summed E-state index contributed by atoms with van der Waals surface area (Å²) in [6.07, 6.45) is 5.95. The molecule has 140 valence electrons. The molecular weight excluding hydrogens is 346 g/mol. The molecule has 0 spiro atoms. The van der Waals surface area contributed by atoms with Gasteiger partial charge in [0.2, 0.25) is 0 Å². The van der Waals surface area contributed by atoms with Crippen LogP contribution in [0.1, 0.15) is 29.3 Å². The highest BCUT2D eigenvalue weighted by Gasteiger charge is 2.21. The molecule has 0 bridgehead atoms. The predicted octanol–water partition coefficient (Wildman–Crippen LogP) is 4.68. The van der Waals surface area contributed by atoms with E-state index in [0.29, 0.717) is 6.04 Å². The molecule has 1 aliphatic rings. The zero-order valence-corrected chi connectivity index (χ0v) is 15.9. The Balaban J connectivity index is 1.32. The van der Waals surface area contributed by atoms with Crippen LogP contribution >= 0.6 is 0 Å². The summed E-state index contributed by atoms with van der Waals surface area (Å²) in [6, 6.07) is 19.6. The van der Waals surface area contributed by atoms with Gasteiger partial charge in [0.15, 0.2) is 0 Å². The lowest BCUT2D eigenvalue weighted by Gasteiger charge is -2.15. The van der Waals surface area contributed by atoms with E-state index in [0.717, 1.165) is 47.5 Å². The quantitative estimate of drug-likeness (QED) is 0.536. The number of aryl methyl sites for hydroxylation is 2. The molecule has 0 amide bonds. The average molecular weight is 369 g/mol. The van der Waals surface area contributed by atoms with Crippen molar-refractivity contribution in [2.45, 2.75) is 25.4 Å². The number of benzene rings is 2. The minimum Gasteiger partial charge on any atom is -0.379 e. The van der Waals surface area contributed by atoms with Crippen molar-refractivity contribution in [1.82, 2.24) is 14.5 Å². The summed E-state index contributed by atoms with van der Waals surface area (Å²) >= 11 is 0. The van der Waals surface area contributed by atoms with Gasteiger partial charge in [-0.1, -0.05) is 24.3 Å². The fraction of sp³-hybridized carbons (Fsp3) is 0.217. The molecule has 28 heavy (non-hydrogen) atoms. The maximum absolute atomic E-state index is 4.82. The van der Waals surface area contributed by atoms with Crippen molar-refractivity contribution < 1.29 is 0 Å². The van der Waals surface area contributed by atoms with Gasteiger partial charge in [0, 0.05) is 24.3 Å². The Morgan fingerprint density at radius 2 is 2.04 bits per heavy atom. The van der Waals surface area contributed by atoms with Gasteiger partial charge in [-0.15, -0.1) is 0 Å². The fourth-order valence-corrected chi connectivity index (χ4v) is 3.95. The molecule has 1 atom stereocenters. The predicted molar refractivity (Wildman–Crippen MR) is 113 cm³/mol. The summed E-state index contributed by atoms with van der Waals surface area (Å²) in [7, 11) is 2.01. The van der Waals surface area contributed by atoms with Crippen molar-refractivity contribution in [2.75, 3.05) is 10.6 Å². The van der Waals surface area contributed by atoms with E-state index in [1.807, 2.05) is 24.1 Å². The highest BCUT2D eigenvalue weighted by atomic mass is 15.0. The first kappa shape index (κ1) is 16.8. The third-order valence-electron chi connectivity index (χ3n) is 5.53. The SMILES string of the molecule is Cn1cncc1CNc1ccc2nc(N[C@@H]3CCc4ccccc43)ccc2c1. The molecule has 5 nitrogen and oxygen atoms in total. The second kappa shape index (κ2) is 7.00. The number of hydrogen-bond donors (Lipinski definition) is 2. The first-order valence-electron chi connectivity index (χ1n) is 9.70. The lowest BCUT2D eigenvalue weighted by Crippen LogP contribution is -2.08. The molecular formula is C23H23N5. The summed E-state index contributed by atoms with van der Waals surface area (Å²) in [6.45, 7) is 0.746. The Hall–Kier alpha value is -3.34. The third-order valence-corrected chi connectivity index (χ3v) is 5.53. The molecule has 0 saturated heterocycles. The van der Waals surface area contributed by atoms with Gasteiger partial charge in [-0.25, -0.2) is 9.97 Å². The molecule has 5 rings (SSSR count). The molecule has 0 radical (unpaired) electrons. The summed E-state index contributed by atoms with van der Waals surface area (Å²) in [5.74, 6) is 0.935. The van der Waals surface area contributed by atoms with Crippen molar-refractivity contribution in [1.29, 1.82) is 0 Å². The van der Waals surface area contributed by atoms with Crippen LogP contribution in [0.15, 0.2) is 67.1 Å². The lowest BCUT2D eigenvalue weighted by atomic mass is 10.1. The Labute approximate surface area is 164 Å². The van der Waals surface area contributed by atoms with E-state index in [9.17, 15) is 0 Å². The van der Waals surface area contributed by atoms with Crippen LogP contribution in [0.3, 0.4) is 0 Å². The van der Waals surface area contributed by atoms with Crippen LogP contribution < -0.4 is 10.6 Å². The summed E-state index contributed by atoms with van der Waals surface area (Å²) < 4.78 is 2.02. The van der Waals surface area contributed by atoms with Gasteiger partial charge in [0.25, 0.3) is 0 Å². The van der Waals surface area contributed by atoms with Crippen LogP contribution in [0, 0.1) is 0 Å². The normalized spacial score (nSPS) is 15.5. The van der Waals surface area contributed by atoms with Gasteiger partial charge >= 0.3 is 0 Å². The van der Waals surface area contributed by atoms with E-state index in [-0.39, 0.29) is 0 Å². The van der Waals surface area contributed by atoms with E-state index in [1.165, 1.54) is 11.1 Å². The monoisotopic (exact) mass is 369 g/mol. The molecule has 4 aromatic rings. The highest BCUT2D eigenvalue weighted by Crippen LogP contribution is 2.33. The summed E-state index contributed by atoms with van der Waals surface area (Å²) in [5, 5.41) is 8.21. The van der Waals surface area contributed by atoms with Crippen LogP contribution in [0.5, 0.6) is 0 Å².